The summed E-state index contributed by atoms with van der Waals surface area (Å²) in [5.41, 5.74) is 0. The molecule has 0 aliphatic carbocycles. The maximum absolute atomic E-state index is 9.94. The van der Waals surface area contributed by atoms with Gasteiger partial charge in [0, 0.05) is 6.42 Å². The van der Waals surface area contributed by atoms with Gasteiger partial charge in [-0.2, -0.15) is 5.26 Å². The van der Waals surface area contributed by atoms with Gasteiger partial charge in [-0.3, -0.25) is 4.79 Å². The molecule has 0 spiro atoms. The fourth-order valence-electron chi connectivity index (χ4n) is 0.224. The van der Waals surface area contributed by atoms with Crippen LogP contribution < -0.4 is 0 Å². The lowest BCUT2D eigenvalue weighted by Crippen LogP contribution is -2.07. The average molecular weight is 113 g/mol. The number of hydrogen-bond donors (Lipinski definition) is 1. The van der Waals surface area contributed by atoms with Crippen LogP contribution in [0.15, 0.2) is 0 Å². The molecule has 3 heteroatoms. The molecule has 0 aromatic carbocycles. The first kappa shape index (κ1) is 6.96. The molecule has 0 aromatic rings. The Morgan fingerprint density at radius 2 is 2.50 bits per heavy atom. The highest BCUT2D eigenvalue weighted by Gasteiger charge is 2.08. The SMILES string of the molecule is C[C@H](CC#N)C(=O)O. The summed E-state index contributed by atoms with van der Waals surface area (Å²) in [4.78, 5) is 9.94. The van der Waals surface area contributed by atoms with E-state index in [9.17, 15) is 4.79 Å². The van der Waals surface area contributed by atoms with Gasteiger partial charge >= 0.3 is 5.97 Å². The van der Waals surface area contributed by atoms with Gasteiger partial charge in [0.15, 0.2) is 0 Å². The highest BCUT2D eigenvalue weighted by atomic mass is 16.4. The predicted molar refractivity (Wildman–Crippen MR) is 27.0 cm³/mol. The molecule has 0 unspecified atom stereocenters. The lowest BCUT2D eigenvalue weighted by atomic mass is 10.1. The van der Waals surface area contributed by atoms with Crippen molar-refractivity contribution in [3.63, 3.8) is 0 Å². The van der Waals surface area contributed by atoms with E-state index < -0.39 is 11.9 Å². The Kier molecular flexibility index (Phi) is 2.63. The first-order chi connectivity index (χ1) is 3.68. The Bertz CT molecular complexity index is 125. The molecule has 0 rings (SSSR count). The van der Waals surface area contributed by atoms with Gasteiger partial charge < -0.3 is 5.11 Å². The van der Waals surface area contributed by atoms with Crippen LogP contribution in [0.2, 0.25) is 0 Å². The third-order valence-corrected chi connectivity index (χ3v) is 0.819. The zero-order valence-electron chi connectivity index (χ0n) is 4.59. The van der Waals surface area contributed by atoms with Gasteiger partial charge in [-0.05, 0) is 0 Å². The van der Waals surface area contributed by atoms with Crippen molar-refractivity contribution in [2.24, 2.45) is 5.92 Å². The first-order valence-electron chi connectivity index (χ1n) is 2.28. The lowest BCUT2D eigenvalue weighted by Gasteiger charge is -1.94. The van der Waals surface area contributed by atoms with E-state index in [1.807, 2.05) is 0 Å². The summed E-state index contributed by atoms with van der Waals surface area (Å²) in [7, 11) is 0. The Morgan fingerprint density at radius 1 is 2.00 bits per heavy atom. The summed E-state index contributed by atoms with van der Waals surface area (Å²) in [5, 5.41) is 16.1. The van der Waals surface area contributed by atoms with Crippen molar-refractivity contribution < 1.29 is 9.90 Å². The van der Waals surface area contributed by atoms with Crippen molar-refractivity contribution in [1.29, 1.82) is 5.26 Å². The number of carbonyl (C=O) groups is 1. The molecule has 0 fully saturated rings. The maximum Gasteiger partial charge on any atom is 0.307 e. The molecule has 0 aromatic heterocycles. The zero-order chi connectivity index (χ0) is 6.57. The number of nitrogens with zero attached hydrogens (tertiary/aromatic N) is 1. The zero-order valence-corrected chi connectivity index (χ0v) is 4.59. The van der Waals surface area contributed by atoms with E-state index in [1.165, 1.54) is 6.92 Å². The topological polar surface area (TPSA) is 61.1 Å². The summed E-state index contributed by atoms with van der Waals surface area (Å²) in [5.74, 6) is -1.44. The number of carboxylic acids is 1. The number of carboxylic acid groups (broad SMARTS) is 1. The quantitative estimate of drug-likeness (QED) is 0.571. The van der Waals surface area contributed by atoms with Crippen molar-refractivity contribution in [2.75, 3.05) is 0 Å². The first-order valence-corrected chi connectivity index (χ1v) is 2.28. The Labute approximate surface area is 47.5 Å². The average Bonchev–Trinajstić information content (AvgIpc) is 1.67. The van der Waals surface area contributed by atoms with E-state index >= 15 is 0 Å². The van der Waals surface area contributed by atoms with Crippen LogP contribution in [0, 0.1) is 17.2 Å². The van der Waals surface area contributed by atoms with Crippen molar-refractivity contribution in [2.45, 2.75) is 13.3 Å². The van der Waals surface area contributed by atoms with Crippen molar-refractivity contribution in [1.82, 2.24) is 0 Å². The summed E-state index contributed by atoms with van der Waals surface area (Å²) < 4.78 is 0. The normalized spacial score (nSPS) is 12.0. The Morgan fingerprint density at radius 3 is 2.62 bits per heavy atom. The number of nitriles is 1. The second kappa shape index (κ2) is 3.03. The summed E-state index contributed by atoms with van der Waals surface area (Å²) in [6.07, 6.45) is 0.0926. The smallest absolute Gasteiger partial charge is 0.307 e. The number of hydrogen-bond acceptors (Lipinski definition) is 2. The van der Waals surface area contributed by atoms with Crippen LogP contribution in [0.4, 0.5) is 0 Å². The molecule has 0 aliphatic rings. The fourth-order valence-corrected chi connectivity index (χ4v) is 0.224. The molecular formula is C5H7NO2. The van der Waals surface area contributed by atoms with Crippen molar-refractivity contribution in [3.05, 3.63) is 0 Å². The molecule has 0 saturated heterocycles. The lowest BCUT2D eigenvalue weighted by molar-refractivity contribution is -0.140. The molecule has 1 N–H and O–H groups in total. The van der Waals surface area contributed by atoms with E-state index in [1.54, 1.807) is 6.07 Å². The van der Waals surface area contributed by atoms with Crippen LogP contribution in [0.1, 0.15) is 13.3 Å². The molecular weight excluding hydrogens is 106 g/mol. The predicted octanol–water partition coefficient (Wildman–Crippen LogP) is 0.621. The Balaban J connectivity index is 3.52. The molecule has 3 nitrogen and oxygen atoms in total. The largest absolute Gasteiger partial charge is 0.481 e. The van der Waals surface area contributed by atoms with Gasteiger partial charge in [-0.15, -0.1) is 0 Å². The van der Waals surface area contributed by atoms with Crippen LogP contribution in [0.3, 0.4) is 0 Å². The van der Waals surface area contributed by atoms with Crippen LogP contribution in [-0.2, 0) is 4.79 Å². The summed E-state index contributed by atoms with van der Waals surface area (Å²) in [6, 6.07) is 1.77. The maximum atomic E-state index is 9.94. The molecule has 0 radical (unpaired) electrons. The molecule has 0 bridgehead atoms. The Hall–Kier alpha value is -1.04. The van der Waals surface area contributed by atoms with Gasteiger partial charge in [0.2, 0.25) is 0 Å². The number of aliphatic carboxylic acids is 1. The van der Waals surface area contributed by atoms with E-state index in [-0.39, 0.29) is 6.42 Å². The standard InChI is InChI=1S/C5H7NO2/c1-4(2-3-6)5(7)8/h4H,2H2,1H3,(H,7,8)/t4-/m1/s1. The minimum absolute atomic E-state index is 0.0926. The minimum atomic E-state index is -0.911. The van der Waals surface area contributed by atoms with E-state index in [0.717, 1.165) is 0 Å². The van der Waals surface area contributed by atoms with Crippen molar-refractivity contribution >= 4 is 5.97 Å². The van der Waals surface area contributed by atoms with Gasteiger partial charge in [0.05, 0.1) is 12.0 Å². The van der Waals surface area contributed by atoms with Gasteiger partial charge in [-0.1, -0.05) is 6.92 Å². The van der Waals surface area contributed by atoms with Gasteiger partial charge in [0.1, 0.15) is 0 Å². The summed E-state index contributed by atoms with van der Waals surface area (Å²) >= 11 is 0. The highest BCUT2D eigenvalue weighted by molar-refractivity contribution is 5.69. The number of rotatable bonds is 2. The summed E-state index contributed by atoms with van der Waals surface area (Å²) in [6.45, 7) is 1.51. The van der Waals surface area contributed by atoms with E-state index in [4.69, 9.17) is 10.4 Å². The van der Waals surface area contributed by atoms with Gasteiger partial charge in [0.25, 0.3) is 0 Å². The van der Waals surface area contributed by atoms with Crippen LogP contribution in [0.5, 0.6) is 0 Å². The monoisotopic (exact) mass is 113 g/mol. The third-order valence-electron chi connectivity index (χ3n) is 0.819. The molecule has 44 valence electrons. The second-order valence-electron chi connectivity index (χ2n) is 1.60. The van der Waals surface area contributed by atoms with Gasteiger partial charge in [-0.25, -0.2) is 0 Å². The molecule has 0 amide bonds. The van der Waals surface area contributed by atoms with Crippen LogP contribution >= 0.6 is 0 Å². The fraction of sp³-hybridized carbons (Fsp3) is 0.600. The molecule has 8 heavy (non-hydrogen) atoms. The minimum Gasteiger partial charge on any atom is -0.481 e. The molecule has 0 saturated carbocycles. The second-order valence-corrected chi connectivity index (χ2v) is 1.60. The van der Waals surface area contributed by atoms with Crippen LogP contribution in [0.25, 0.3) is 0 Å². The highest BCUT2D eigenvalue weighted by Crippen LogP contribution is 1.97. The van der Waals surface area contributed by atoms with E-state index in [0.29, 0.717) is 0 Å². The van der Waals surface area contributed by atoms with Crippen molar-refractivity contribution in [3.8, 4) is 6.07 Å². The third kappa shape index (κ3) is 2.19. The molecule has 1 atom stereocenters. The van der Waals surface area contributed by atoms with Crippen LogP contribution in [-0.4, -0.2) is 11.1 Å². The van der Waals surface area contributed by atoms with E-state index in [2.05, 4.69) is 0 Å². The molecule has 0 aliphatic heterocycles. The molecule has 0 heterocycles.